The molecule has 0 N–H and O–H groups in total. The lowest BCUT2D eigenvalue weighted by Crippen LogP contribution is -2.39. The van der Waals surface area contributed by atoms with Crippen LogP contribution in [0.3, 0.4) is 0 Å². The van der Waals surface area contributed by atoms with Gasteiger partial charge in [0.05, 0.1) is 28.5 Å². The molecule has 0 radical (unpaired) electrons. The Morgan fingerprint density at radius 1 is 0.973 bits per heavy atom. The third-order valence-corrected chi connectivity index (χ3v) is 6.40. The molecule has 2 heterocycles. The molecule has 9 nitrogen and oxygen atoms in total. The first-order chi connectivity index (χ1) is 17.7. The van der Waals surface area contributed by atoms with E-state index >= 15 is 0 Å². The summed E-state index contributed by atoms with van der Waals surface area (Å²) in [6.45, 7) is 6.21. The van der Waals surface area contributed by atoms with Crippen LogP contribution in [0.5, 0.6) is 11.5 Å². The van der Waals surface area contributed by atoms with E-state index in [2.05, 4.69) is 4.99 Å². The van der Waals surface area contributed by atoms with E-state index in [1.165, 1.54) is 29.8 Å². The normalized spacial score (nSPS) is 15.0. The molecule has 1 aliphatic heterocycles. The summed E-state index contributed by atoms with van der Waals surface area (Å²) in [6.07, 6.45) is 1.71. The van der Waals surface area contributed by atoms with Gasteiger partial charge in [-0.15, -0.1) is 0 Å². The molecule has 1 aromatic heterocycles. The van der Waals surface area contributed by atoms with Crippen molar-refractivity contribution in [3.8, 4) is 11.5 Å². The maximum atomic E-state index is 13.6. The van der Waals surface area contributed by atoms with Gasteiger partial charge in [0, 0.05) is 13.8 Å². The maximum absolute atomic E-state index is 13.6. The molecule has 0 unspecified atom stereocenters. The summed E-state index contributed by atoms with van der Waals surface area (Å²) >= 11 is 1.20. The van der Waals surface area contributed by atoms with Crippen molar-refractivity contribution in [3.63, 3.8) is 0 Å². The summed E-state index contributed by atoms with van der Waals surface area (Å²) in [5.74, 6) is -0.690. The summed E-state index contributed by atoms with van der Waals surface area (Å²) in [7, 11) is 0. The number of nitrogens with zero attached hydrogens (tertiary/aromatic N) is 2. The largest absolute Gasteiger partial charge is 0.463 e. The molecule has 37 heavy (non-hydrogen) atoms. The van der Waals surface area contributed by atoms with Gasteiger partial charge in [0.1, 0.15) is 11.5 Å². The molecular formula is C27H24N2O7S. The van der Waals surface area contributed by atoms with Gasteiger partial charge in [0.15, 0.2) is 4.80 Å². The second kappa shape index (κ2) is 10.8. The number of carbonyl (C=O) groups excluding carboxylic acids is 3. The molecule has 4 rings (SSSR count). The average Bonchev–Trinajstić information content (AvgIpc) is 3.13. The van der Waals surface area contributed by atoms with Crippen LogP contribution in [-0.2, 0) is 19.1 Å². The number of ether oxygens (including phenoxy) is 3. The van der Waals surface area contributed by atoms with E-state index in [0.29, 0.717) is 32.1 Å². The Kier molecular flexibility index (Phi) is 7.49. The number of aromatic nitrogens is 1. The highest BCUT2D eigenvalue weighted by atomic mass is 32.1. The molecule has 0 spiro atoms. The van der Waals surface area contributed by atoms with E-state index in [9.17, 15) is 19.2 Å². The highest BCUT2D eigenvalue weighted by molar-refractivity contribution is 7.07. The smallest absolute Gasteiger partial charge is 0.338 e. The van der Waals surface area contributed by atoms with E-state index in [1.807, 2.05) is 0 Å². The van der Waals surface area contributed by atoms with E-state index in [0.717, 1.165) is 5.56 Å². The predicted octanol–water partition coefficient (Wildman–Crippen LogP) is 2.65. The van der Waals surface area contributed by atoms with Crippen molar-refractivity contribution in [2.24, 2.45) is 4.99 Å². The lowest BCUT2D eigenvalue weighted by Gasteiger charge is -2.24. The standard InChI is InChI=1S/C27H24N2O7S/c1-5-34-26(33)23-15(2)28-27-29(24(23)19-8-12-21(13-9-19)36-17(4)31)25(32)22(37-27)14-18-6-10-20(11-7-18)35-16(3)30/h6-14,24H,5H2,1-4H3/b22-14-/t24-/m1/s1. The molecule has 0 bridgehead atoms. The SMILES string of the molecule is CCOC(=O)C1=C(C)N=c2s/c(=C\c3ccc(OC(C)=O)cc3)c(=O)n2[C@@H]1c1ccc(OC(C)=O)cc1. The molecule has 0 amide bonds. The van der Waals surface area contributed by atoms with Crippen molar-refractivity contribution >= 4 is 35.3 Å². The highest BCUT2D eigenvalue weighted by Gasteiger charge is 2.33. The van der Waals surface area contributed by atoms with Gasteiger partial charge in [-0.25, -0.2) is 9.79 Å². The molecule has 3 aromatic rings. The van der Waals surface area contributed by atoms with Crippen LogP contribution in [0.25, 0.3) is 6.08 Å². The number of allylic oxidation sites excluding steroid dienone is 1. The van der Waals surface area contributed by atoms with Crippen molar-refractivity contribution in [3.05, 3.63) is 90.6 Å². The van der Waals surface area contributed by atoms with Gasteiger partial charge in [-0.1, -0.05) is 35.6 Å². The Morgan fingerprint density at radius 3 is 2.08 bits per heavy atom. The monoisotopic (exact) mass is 520 g/mol. The van der Waals surface area contributed by atoms with Crippen LogP contribution in [0.15, 0.2) is 69.6 Å². The number of esters is 3. The number of carbonyl (C=O) groups is 3. The molecule has 1 atom stereocenters. The number of thiazole rings is 1. The molecule has 2 aromatic carbocycles. The van der Waals surface area contributed by atoms with E-state index in [4.69, 9.17) is 14.2 Å². The van der Waals surface area contributed by atoms with E-state index in [1.54, 1.807) is 68.5 Å². The third kappa shape index (κ3) is 5.59. The van der Waals surface area contributed by atoms with Crippen LogP contribution in [0.2, 0.25) is 0 Å². The van der Waals surface area contributed by atoms with Gasteiger partial charge >= 0.3 is 17.9 Å². The Hall–Kier alpha value is -4.31. The highest BCUT2D eigenvalue weighted by Crippen LogP contribution is 2.31. The Morgan fingerprint density at radius 2 is 1.54 bits per heavy atom. The average molecular weight is 521 g/mol. The summed E-state index contributed by atoms with van der Waals surface area (Å²) < 4.78 is 17.4. The fourth-order valence-corrected chi connectivity index (χ4v) is 4.99. The minimum absolute atomic E-state index is 0.168. The fraction of sp³-hybridized carbons (Fsp3) is 0.222. The summed E-state index contributed by atoms with van der Waals surface area (Å²) in [5, 5.41) is 0. The van der Waals surface area contributed by atoms with Gasteiger partial charge < -0.3 is 14.2 Å². The maximum Gasteiger partial charge on any atom is 0.338 e. The van der Waals surface area contributed by atoms with Crippen molar-refractivity contribution < 1.29 is 28.6 Å². The minimum atomic E-state index is -0.782. The first-order valence-electron chi connectivity index (χ1n) is 11.4. The van der Waals surface area contributed by atoms with Gasteiger partial charge in [-0.2, -0.15) is 0 Å². The lowest BCUT2D eigenvalue weighted by molar-refractivity contribution is -0.139. The zero-order valence-electron chi connectivity index (χ0n) is 20.6. The summed E-state index contributed by atoms with van der Waals surface area (Å²) in [6, 6.07) is 12.6. The minimum Gasteiger partial charge on any atom is -0.463 e. The molecular weight excluding hydrogens is 496 g/mol. The topological polar surface area (TPSA) is 113 Å². The summed E-state index contributed by atoms with van der Waals surface area (Å²) in [5.41, 5.74) is 1.74. The Labute approximate surface area is 215 Å². The third-order valence-electron chi connectivity index (χ3n) is 5.41. The molecule has 1 aliphatic rings. The van der Waals surface area contributed by atoms with E-state index < -0.39 is 23.9 Å². The van der Waals surface area contributed by atoms with Crippen LogP contribution in [0.4, 0.5) is 0 Å². The zero-order valence-corrected chi connectivity index (χ0v) is 21.5. The van der Waals surface area contributed by atoms with Crippen molar-refractivity contribution in [1.82, 2.24) is 4.57 Å². The first kappa shape index (κ1) is 25.8. The van der Waals surface area contributed by atoms with Gasteiger partial charge in [0.2, 0.25) is 0 Å². The van der Waals surface area contributed by atoms with Gasteiger partial charge in [-0.3, -0.25) is 19.0 Å². The molecule has 0 aliphatic carbocycles. The van der Waals surface area contributed by atoms with Crippen LogP contribution in [0, 0.1) is 0 Å². The summed E-state index contributed by atoms with van der Waals surface area (Å²) in [4.78, 5) is 54.0. The Balaban J connectivity index is 1.83. The van der Waals surface area contributed by atoms with Crippen molar-refractivity contribution in [2.75, 3.05) is 6.61 Å². The van der Waals surface area contributed by atoms with Gasteiger partial charge in [-0.05, 0) is 55.3 Å². The molecule has 10 heteroatoms. The lowest BCUT2D eigenvalue weighted by atomic mass is 9.96. The second-order valence-corrected chi connectivity index (χ2v) is 9.14. The number of fused-ring (bicyclic) bond motifs is 1. The molecule has 0 fully saturated rings. The zero-order chi connectivity index (χ0) is 26.7. The van der Waals surface area contributed by atoms with Crippen LogP contribution >= 0.6 is 11.3 Å². The van der Waals surface area contributed by atoms with E-state index in [-0.39, 0.29) is 17.7 Å². The van der Waals surface area contributed by atoms with Crippen LogP contribution in [0.1, 0.15) is 44.9 Å². The predicted molar refractivity (Wildman–Crippen MR) is 136 cm³/mol. The molecule has 0 saturated carbocycles. The van der Waals surface area contributed by atoms with Crippen LogP contribution in [-0.4, -0.2) is 29.1 Å². The number of rotatable bonds is 6. The fourth-order valence-electron chi connectivity index (χ4n) is 3.94. The molecule has 190 valence electrons. The number of benzene rings is 2. The van der Waals surface area contributed by atoms with Gasteiger partial charge in [0.25, 0.3) is 5.56 Å². The second-order valence-electron chi connectivity index (χ2n) is 8.13. The van der Waals surface area contributed by atoms with Crippen molar-refractivity contribution in [2.45, 2.75) is 33.7 Å². The number of hydrogen-bond donors (Lipinski definition) is 0. The number of hydrogen-bond acceptors (Lipinski definition) is 9. The quantitative estimate of drug-likeness (QED) is 0.363. The van der Waals surface area contributed by atoms with Crippen molar-refractivity contribution in [1.29, 1.82) is 0 Å². The first-order valence-corrected chi connectivity index (χ1v) is 12.3. The van der Waals surface area contributed by atoms with Crippen LogP contribution < -0.4 is 24.4 Å². The molecule has 0 saturated heterocycles. The Bertz CT molecular complexity index is 1580.